The minimum atomic E-state index is -0.961. The number of halogens is 1. The van der Waals surface area contributed by atoms with Crippen LogP contribution in [0.2, 0.25) is 0 Å². The lowest BCUT2D eigenvalue weighted by atomic mass is 10.2. The lowest BCUT2D eigenvalue weighted by Gasteiger charge is -2.01. The molecule has 2 rings (SSSR count). The van der Waals surface area contributed by atoms with E-state index in [1.807, 2.05) is 30.5 Å². The zero-order valence-corrected chi connectivity index (χ0v) is 10.3. The van der Waals surface area contributed by atoms with E-state index in [9.17, 15) is 4.79 Å². The van der Waals surface area contributed by atoms with E-state index >= 15 is 0 Å². The molecule has 4 nitrogen and oxygen atoms in total. The summed E-state index contributed by atoms with van der Waals surface area (Å²) in [5.74, 6) is -0.961. The smallest absolute Gasteiger partial charge is 0.328 e. The zero-order chi connectivity index (χ0) is 12.3. The molecular formula is C12H9BrN2O2. The highest BCUT2D eigenvalue weighted by Crippen LogP contribution is 2.14. The number of carboxylic acid groups (broad SMARTS) is 1. The number of rotatable bonds is 3. The molecular weight excluding hydrogens is 284 g/mol. The maximum Gasteiger partial charge on any atom is 0.328 e. The third-order valence-electron chi connectivity index (χ3n) is 2.10. The zero-order valence-electron chi connectivity index (χ0n) is 8.75. The first-order valence-electron chi connectivity index (χ1n) is 4.87. The van der Waals surface area contributed by atoms with E-state index in [1.165, 1.54) is 0 Å². The third kappa shape index (κ3) is 3.04. The van der Waals surface area contributed by atoms with E-state index in [1.54, 1.807) is 17.0 Å². The third-order valence-corrected chi connectivity index (χ3v) is 2.51. The van der Waals surface area contributed by atoms with Crippen molar-refractivity contribution >= 4 is 28.0 Å². The van der Waals surface area contributed by atoms with Crippen LogP contribution in [0.4, 0.5) is 0 Å². The molecule has 0 aliphatic carbocycles. The molecule has 1 aromatic heterocycles. The molecule has 1 N–H and O–H groups in total. The molecule has 2 aromatic rings. The molecule has 5 heteroatoms. The number of aliphatic carboxylic acids is 1. The molecule has 0 radical (unpaired) electrons. The topological polar surface area (TPSA) is 55.1 Å². The summed E-state index contributed by atoms with van der Waals surface area (Å²) in [7, 11) is 0. The van der Waals surface area contributed by atoms with Crippen LogP contribution in [0.1, 0.15) is 5.56 Å². The van der Waals surface area contributed by atoms with E-state index in [-0.39, 0.29) is 0 Å². The molecule has 0 amide bonds. The highest BCUT2D eigenvalue weighted by Gasteiger charge is 1.99. The van der Waals surface area contributed by atoms with Crippen molar-refractivity contribution in [1.29, 1.82) is 0 Å². The van der Waals surface area contributed by atoms with E-state index in [4.69, 9.17) is 5.11 Å². The van der Waals surface area contributed by atoms with Crippen LogP contribution in [0.15, 0.2) is 47.2 Å². The lowest BCUT2D eigenvalue weighted by molar-refractivity contribution is -0.131. The Balaban J connectivity index is 2.31. The molecule has 0 atom stereocenters. The van der Waals surface area contributed by atoms with Crippen LogP contribution in [-0.2, 0) is 4.79 Å². The number of carboxylic acids is 1. The number of aromatic nitrogens is 2. The molecule has 0 saturated heterocycles. The van der Waals surface area contributed by atoms with Crippen molar-refractivity contribution in [2.24, 2.45) is 0 Å². The van der Waals surface area contributed by atoms with Crippen LogP contribution in [0.5, 0.6) is 0 Å². The second kappa shape index (κ2) is 4.97. The monoisotopic (exact) mass is 292 g/mol. The fourth-order valence-corrected chi connectivity index (χ4v) is 1.67. The fraction of sp³-hybridized carbons (Fsp3) is 0. The van der Waals surface area contributed by atoms with Crippen molar-refractivity contribution in [3.05, 3.63) is 52.8 Å². The van der Waals surface area contributed by atoms with Gasteiger partial charge in [0.2, 0.25) is 0 Å². The van der Waals surface area contributed by atoms with Crippen molar-refractivity contribution in [2.45, 2.75) is 0 Å². The Bertz CT molecular complexity index is 575. The van der Waals surface area contributed by atoms with Gasteiger partial charge in [0.15, 0.2) is 0 Å². The van der Waals surface area contributed by atoms with Gasteiger partial charge in [0.25, 0.3) is 0 Å². The van der Waals surface area contributed by atoms with Gasteiger partial charge in [-0.1, -0.05) is 12.1 Å². The molecule has 0 aliphatic rings. The Morgan fingerprint density at radius 1 is 1.47 bits per heavy atom. The maximum atomic E-state index is 10.4. The second-order valence-corrected chi connectivity index (χ2v) is 4.29. The first-order valence-corrected chi connectivity index (χ1v) is 5.66. The second-order valence-electron chi connectivity index (χ2n) is 3.37. The number of carbonyl (C=O) groups is 1. The lowest BCUT2D eigenvalue weighted by Crippen LogP contribution is -1.94. The Morgan fingerprint density at radius 3 is 2.94 bits per heavy atom. The molecule has 0 bridgehead atoms. The van der Waals surface area contributed by atoms with Crippen molar-refractivity contribution in [2.75, 3.05) is 0 Å². The molecule has 0 aliphatic heterocycles. The summed E-state index contributed by atoms with van der Waals surface area (Å²) in [6.45, 7) is 0. The fourth-order valence-electron chi connectivity index (χ4n) is 1.38. The van der Waals surface area contributed by atoms with E-state index in [2.05, 4.69) is 21.0 Å². The van der Waals surface area contributed by atoms with Crippen molar-refractivity contribution in [3.63, 3.8) is 0 Å². The molecule has 0 saturated carbocycles. The SMILES string of the molecule is O=C(O)C=Cc1cccc(-n2cc(Br)cn2)c1. The van der Waals surface area contributed by atoms with Gasteiger partial charge in [-0.3, -0.25) is 0 Å². The van der Waals surface area contributed by atoms with Gasteiger partial charge in [0, 0.05) is 12.3 Å². The van der Waals surface area contributed by atoms with Gasteiger partial charge in [0.1, 0.15) is 0 Å². The van der Waals surface area contributed by atoms with Crippen LogP contribution < -0.4 is 0 Å². The largest absolute Gasteiger partial charge is 0.478 e. The number of hydrogen-bond donors (Lipinski definition) is 1. The van der Waals surface area contributed by atoms with E-state index in [0.29, 0.717) is 0 Å². The van der Waals surface area contributed by atoms with Gasteiger partial charge in [-0.15, -0.1) is 0 Å². The number of benzene rings is 1. The van der Waals surface area contributed by atoms with Crippen LogP contribution in [0, 0.1) is 0 Å². The maximum absolute atomic E-state index is 10.4. The minimum Gasteiger partial charge on any atom is -0.478 e. The first kappa shape index (κ1) is 11.6. The minimum absolute atomic E-state index is 0.816. The number of nitrogens with zero attached hydrogens (tertiary/aromatic N) is 2. The molecule has 1 aromatic carbocycles. The van der Waals surface area contributed by atoms with Crippen LogP contribution >= 0.6 is 15.9 Å². The highest BCUT2D eigenvalue weighted by molar-refractivity contribution is 9.10. The highest BCUT2D eigenvalue weighted by atomic mass is 79.9. The summed E-state index contributed by atoms with van der Waals surface area (Å²) >= 11 is 3.32. The molecule has 17 heavy (non-hydrogen) atoms. The Hall–Kier alpha value is -1.88. The predicted molar refractivity (Wildman–Crippen MR) is 67.9 cm³/mol. The first-order chi connectivity index (χ1) is 8.15. The summed E-state index contributed by atoms with van der Waals surface area (Å²) in [5.41, 5.74) is 1.69. The number of hydrogen-bond acceptors (Lipinski definition) is 2. The van der Waals surface area contributed by atoms with Crippen LogP contribution in [0.25, 0.3) is 11.8 Å². The molecule has 1 heterocycles. The molecule has 0 unspecified atom stereocenters. The van der Waals surface area contributed by atoms with E-state index in [0.717, 1.165) is 21.8 Å². The Labute approximate surface area is 106 Å². The van der Waals surface area contributed by atoms with Gasteiger partial charge in [-0.25, -0.2) is 9.48 Å². The molecule has 0 spiro atoms. The van der Waals surface area contributed by atoms with Gasteiger partial charge in [0.05, 0.1) is 16.4 Å². The Morgan fingerprint density at radius 2 is 2.29 bits per heavy atom. The summed E-state index contributed by atoms with van der Waals surface area (Å²) in [4.78, 5) is 10.4. The van der Waals surface area contributed by atoms with Crippen molar-refractivity contribution in [1.82, 2.24) is 9.78 Å². The average molecular weight is 293 g/mol. The summed E-state index contributed by atoms with van der Waals surface area (Å²) in [6, 6.07) is 7.45. The Kier molecular flexibility index (Phi) is 3.39. The summed E-state index contributed by atoms with van der Waals surface area (Å²) < 4.78 is 2.60. The summed E-state index contributed by atoms with van der Waals surface area (Å²) in [5, 5.41) is 12.7. The van der Waals surface area contributed by atoms with Gasteiger partial charge >= 0.3 is 5.97 Å². The quantitative estimate of drug-likeness (QED) is 0.885. The van der Waals surface area contributed by atoms with Crippen molar-refractivity contribution < 1.29 is 9.90 Å². The van der Waals surface area contributed by atoms with E-state index < -0.39 is 5.97 Å². The predicted octanol–water partition coefficient (Wildman–Crippen LogP) is 2.73. The van der Waals surface area contributed by atoms with Crippen LogP contribution in [-0.4, -0.2) is 20.9 Å². The van der Waals surface area contributed by atoms with Gasteiger partial charge in [-0.05, 0) is 39.7 Å². The molecule has 0 fully saturated rings. The molecule has 86 valence electrons. The average Bonchev–Trinajstić information content (AvgIpc) is 2.74. The van der Waals surface area contributed by atoms with Crippen molar-refractivity contribution in [3.8, 4) is 5.69 Å². The van der Waals surface area contributed by atoms with Crippen LogP contribution in [0.3, 0.4) is 0 Å². The summed E-state index contributed by atoms with van der Waals surface area (Å²) in [6.07, 6.45) is 6.18. The van der Waals surface area contributed by atoms with Gasteiger partial charge < -0.3 is 5.11 Å². The standard InChI is InChI=1S/C12H9BrN2O2/c13-10-7-14-15(8-10)11-3-1-2-9(6-11)4-5-12(16)17/h1-8H,(H,16,17). The normalized spacial score (nSPS) is 10.9. The van der Waals surface area contributed by atoms with Gasteiger partial charge in [-0.2, -0.15) is 5.10 Å².